The fourth-order valence-electron chi connectivity index (χ4n) is 3.97. The smallest absolute Gasteiger partial charge is 0.223 e. The van der Waals surface area contributed by atoms with Crippen LogP contribution in [0.25, 0.3) is 0 Å². The first-order valence-corrected chi connectivity index (χ1v) is 8.13. The van der Waals surface area contributed by atoms with Crippen LogP contribution in [-0.4, -0.2) is 30.9 Å². The van der Waals surface area contributed by atoms with E-state index in [1.165, 1.54) is 24.8 Å². The van der Waals surface area contributed by atoms with Crippen molar-refractivity contribution in [2.75, 3.05) is 20.1 Å². The van der Waals surface area contributed by atoms with Crippen molar-refractivity contribution in [1.29, 1.82) is 0 Å². The minimum Gasteiger partial charge on any atom is -0.359 e. The second-order valence-corrected chi connectivity index (χ2v) is 6.79. The lowest BCUT2D eigenvalue weighted by Gasteiger charge is -2.30. The van der Waals surface area contributed by atoms with Crippen LogP contribution in [-0.2, 0) is 11.3 Å². The molecule has 2 aliphatic rings. The molecule has 19 heavy (non-hydrogen) atoms. The fourth-order valence-corrected chi connectivity index (χ4v) is 4.63. The van der Waals surface area contributed by atoms with Gasteiger partial charge in [0.1, 0.15) is 0 Å². The monoisotopic (exact) mass is 278 g/mol. The number of carbonyl (C=O) groups excluding carboxylic acids is 1. The van der Waals surface area contributed by atoms with Crippen LogP contribution in [0.5, 0.6) is 0 Å². The molecule has 0 radical (unpaired) electrons. The Morgan fingerprint density at radius 2 is 2.47 bits per heavy atom. The van der Waals surface area contributed by atoms with E-state index >= 15 is 0 Å². The third kappa shape index (κ3) is 2.43. The van der Waals surface area contributed by atoms with Crippen molar-refractivity contribution in [2.45, 2.75) is 32.2 Å². The van der Waals surface area contributed by atoms with Gasteiger partial charge in [-0.1, -0.05) is 6.42 Å². The van der Waals surface area contributed by atoms with Crippen molar-refractivity contribution in [3.63, 3.8) is 0 Å². The van der Waals surface area contributed by atoms with Gasteiger partial charge in [0.2, 0.25) is 5.91 Å². The van der Waals surface area contributed by atoms with Crippen LogP contribution in [0.4, 0.5) is 0 Å². The summed E-state index contributed by atoms with van der Waals surface area (Å²) in [5.41, 5.74) is 1.67. The summed E-state index contributed by atoms with van der Waals surface area (Å²) in [5, 5.41) is 7.24. The largest absolute Gasteiger partial charge is 0.359 e. The van der Waals surface area contributed by atoms with Crippen LogP contribution in [0.1, 0.15) is 31.2 Å². The number of nitrogens with zero attached hydrogens (tertiary/aromatic N) is 1. The molecule has 2 unspecified atom stereocenters. The van der Waals surface area contributed by atoms with Gasteiger partial charge < -0.3 is 5.32 Å². The van der Waals surface area contributed by atoms with Gasteiger partial charge in [0.25, 0.3) is 0 Å². The first-order valence-electron chi connectivity index (χ1n) is 7.18. The molecule has 1 amide bonds. The van der Waals surface area contributed by atoms with E-state index in [0.717, 1.165) is 26.1 Å². The molecule has 1 aromatic heterocycles. The Morgan fingerprint density at radius 1 is 1.58 bits per heavy atom. The second-order valence-electron chi connectivity index (χ2n) is 6.01. The van der Waals surface area contributed by atoms with Crippen LogP contribution < -0.4 is 5.32 Å². The van der Waals surface area contributed by atoms with Gasteiger partial charge in [-0.3, -0.25) is 9.69 Å². The van der Waals surface area contributed by atoms with Crippen molar-refractivity contribution in [2.24, 2.45) is 11.3 Å². The molecule has 3 rings (SSSR count). The summed E-state index contributed by atoms with van der Waals surface area (Å²) in [4.78, 5) is 14.6. The normalized spacial score (nSPS) is 31.1. The van der Waals surface area contributed by atoms with Crippen molar-refractivity contribution in [1.82, 2.24) is 10.2 Å². The Balaban J connectivity index is 1.68. The predicted molar refractivity (Wildman–Crippen MR) is 78.1 cm³/mol. The van der Waals surface area contributed by atoms with Crippen molar-refractivity contribution >= 4 is 17.2 Å². The Kier molecular flexibility index (Phi) is 3.63. The van der Waals surface area contributed by atoms with E-state index in [1.807, 2.05) is 0 Å². The quantitative estimate of drug-likeness (QED) is 0.921. The molecule has 1 saturated carbocycles. The highest BCUT2D eigenvalue weighted by Crippen LogP contribution is 2.50. The molecule has 1 aliphatic heterocycles. The molecule has 1 aliphatic carbocycles. The first kappa shape index (κ1) is 13.1. The lowest BCUT2D eigenvalue weighted by Crippen LogP contribution is -2.39. The van der Waals surface area contributed by atoms with Gasteiger partial charge >= 0.3 is 0 Å². The summed E-state index contributed by atoms with van der Waals surface area (Å²) in [6.45, 7) is 3.29. The third-order valence-electron chi connectivity index (χ3n) is 4.92. The van der Waals surface area contributed by atoms with Crippen LogP contribution >= 0.6 is 11.3 Å². The van der Waals surface area contributed by atoms with Crippen molar-refractivity contribution in [3.8, 4) is 0 Å². The van der Waals surface area contributed by atoms with E-state index in [4.69, 9.17) is 0 Å². The van der Waals surface area contributed by atoms with Crippen molar-refractivity contribution in [3.05, 3.63) is 22.4 Å². The van der Waals surface area contributed by atoms with Gasteiger partial charge in [0, 0.05) is 26.1 Å². The molecule has 1 N–H and O–H groups in total. The van der Waals surface area contributed by atoms with Crippen LogP contribution in [0, 0.1) is 11.3 Å². The summed E-state index contributed by atoms with van der Waals surface area (Å²) in [6, 6.07) is 2.21. The minimum absolute atomic E-state index is 0.241. The first-order chi connectivity index (χ1) is 9.23. The maximum absolute atomic E-state index is 12.1. The van der Waals surface area contributed by atoms with Crippen LogP contribution in [0.15, 0.2) is 16.8 Å². The zero-order valence-corrected chi connectivity index (χ0v) is 12.3. The number of hydrogen-bond donors (Lipinski definition) is 1. The molecule has 2 fully saturated rings. The van der Waals surface area contributed by atoms with E-state index in [0.29, 0.717) is 0 Å². The standard InChI is InChI=1S/C15H22N2OS/c1-16-14(18)13-3-2-5-15(13)6-7-17(11-15)9-12-4-8-19-10-12/h4,8,10,13H,2-3,5-7,9,11H2,1H3,(H,16,18). The molecule has 0 aromatic carbocycles. The molecule has 1 spiro atoms. The molecule has 4 heteroatoms. The Hall–Kier alpha value is -0.870. The van der Waals surface area contributed by atoms with E-state index in [2.05, 4.69) is 27.0 Å². The molecule has 2 atom stereocenters. The number of hydrogen-bond acceptors (Lipinski definition) is 3. The van der Waals surface area contributed by atoms with E-state index in [1.54, 1.807) is 18.4 Å². The lowest BCUT2D eigenvalue weighted by atomic mass is 9.76. The van der Waals surface area contributed by atoms with Gasteiger partial charge in [-0.15, -0.1) is 0 Å². The lowest BCUT2D eigenvalue weighted by molar-refractivity contribution is -0.127. The number of carbonyl (C=O) groups is 1. The SMILES string of the molecule is CNC(=O)C1CCCC12CCN(Cc1ccsc1)C2. The van der Waals surface area contributed by atoms with Gasteiger partial charge in [-0.05, 0) is 53.6 Å². The molecule has 1 saturated heterocycles. The zero-order chi connectivity index (χ0) is 13.3. The van der Waals surface area contributed by atoms with Crippen LogP contribution in [0.2, 0.25) is 0 Å². The molecule has 2 heterocycles. The number of rotatable bonds is 3. The Labute approximate surface area is 119 Å². The predicted octanol–water partition coefficient (Wildman–Crippen LogP) is 2.49. The highest BCUT2D eigenvalue weighted by atomic mass is 32.1. The average Bonchev–Trinajstić information content (AvgIpc) is 3.13. The summed E-state index contributed by atoms with van der Waals surface area (Å²) in [7, 11) is 1.77. The Morgan fingerprint density at radius 3 is 3.21 bits per heavy atom. The minimum atomic E-state index is 0.241. The number of likely N-dealkylation sites (tertiary alicyclic amines) is 1. The Bertz CT molecular complexity index is 445. The molecule has 0 bridgehead atoms. The molecule has 1 aromatic rings. The highest BCUT2D eigenvalue weighted by molar-refractivity contribution is 7.07. The van der Waals surface area contributed by atoms with Gasteiger partial charge in [0.15, 0.2) is 0 Å². The maximum Gasteiger partial charge on any atom is 0.223 e. The van der Waals surface area contributed by atoms with Gasteiger partial charge in [-0.2, -0.15) is 11.3 Å². The summed E-state index contributed by atoms with van der Waals surface area (Å²) >= 11 is 1.76. The van der Waals surface area contributed by atoms with Crippen molar-refractivity contribution < 1.29 is 4.79 Å². The zero-order valence-electron chi connectivity index (χ0n) is 11.5. The second kappa shape index (κ2) is 5.25. The number of amides is 1. The summed E-state index contributed by atoms with van der Waals surface area (Å²) in [5.74, 6) is 0.500. The third-order valence-corrected chi connectivity index (χ3v) is 5.65. The summed E-state index contributed by atoms with van der Waals surface area (Å²) in [6.07, 6.45) is 4.71. The average molecular weight is 278 g/mol. The van der Waals surface area contributed by atoms with E-state index < -0.39 is 0 Å². The van der Waals surface area contributed by atoms with Crippen LogP contribution in [0.3, 0.4) is 0 Å². The molecular formula is C15H22N2OS. The van der Waals surface area contributed by atoms with Gasteiger partial charge in [0.05, 0.1) is 0 Å². The molecule has 104 valence electrons. The number of thiophene rings is 1. The topological polar surface area (TPSA) is 32.3 Å². The molecular weight excluding hydrogens is 256 g/mol. The van der Waals surface area contributed by atoms with E-state index in [9.17, 15) is 4.79 Å². The van der Waals surface area contributed by atoms with Gasteiger partial charge in [-0.25, -0.2) is 0 Å². The van der Waals surface area contributed by atoms with E-state index in [-0.39, 0.29) is 17.2 Å². The fraction of sp³-hybridized carbons (Fsp3) is 0.667. The molecule has 3 nitrogen and oxygen atoms in total. The maximum atomic E-state index is 12.1. The highest BCUT2D eigenvalue weighted by Gasteiger charge is 2.49. The summed E-state index contributed by atoms with van der Waals surface area (Å²) < 4.78 is 0. The number of nitrogens with one attached hydrogen (secondary N) is 1.